The molecule has 0 spiro atoms. The molecule has 138 valence electrons. The van der Waals surface area contributed by atoms with Gasteiger partial charge in [0.2, 0.25) is 5.95 Å². The zero-order valence-corrected chi connectivity index (χ0v) is 15.1. The van der Waals surface area contributed by atoms with Crippen LogP contribution in [0.25, 0.3) is 0 Å². The van der Waals surface area contributed by atoms with Crippen molar-refractivity contribution in [2.45, 2.75) is 6.54 Å². The highest BCUT2D eigenvalue weighted by atomic mass is 16.5. The van der Waals surface area contributed by atoms with Crippen LogP contribution in [0.2, 0.25) is 0 Å². The molecule has 1 amide bonds. The minimum atomic E-state index is -0.294. The van der Waals surface area contributed by atoms with E-state index in [-0.39, 0.29) is 11.6 Å². The molecule has 0 saturated carbocycles. The predicted molar refractivity (Wildman–Crippen MR) is 102 cm³/mol. The lowest BCUT2D eigenvalue weighted by Crippen LogP contribution is -2.24. The third kappa shape index (κ3) is 4.72. The number of aromatic nitrogens is 2. The molecule has 1 aromatic heterocycles. The van der Waals surface area contributed by atoms with Crippen molar-refractivity contribution >= 4 is 17.5 Å². The number of ether oxygens (including phenoxy) is 2. The molecule has 0 atom stereocenters. The molecular formula is C20H20N4O3. The molecule has 0 bridgehead atoms. The third-order valence-corrected chi connectivity index (χ3v) is 3.85. The summed E-state index contributed by atoms with van der Waals surface area (Å²) in [4.78, 5) is 20.9. The molecule has 1 heterocycles. The Balaban J connectivity index is 1.68. The summed E-state index contributed by atoms with van der Waals surface area (Å²) in [7, 11) is 3.20. The lowest BCUT2D eigenvalue weighted by atomic mass is 10.2. The number of benzene rings is 2. The number of rotatable bonds is 7. The van der Waals surface area contributed by atoms with Gasteiger partial charge in [-0.2, -0.15) is 0 Å². The lowest BCUT2D eigenvalue weighted by molar-refractivity contribution is 0.0945. The van der Waals surface area contributed by atoms with Crippen molar-refractivity contribution in [2.75, 3.05) is 19.5 Å². The Morgan fingerprint density at radius 3 is 2.70 bits per heavy atom. The van der Waals surface area contributed by atoms with Crippen molar-refractivity contribution < 1.29 is 14.3 Å². The molecule has 0 fully saturated rings. The van der Waals surface area contributed by atoms with Crippen LogP contribution in [0.15, 0.2) is 60.8 Å². The standard InChI is InChI=1S/C20H20N4O3/c1-26-16-8-5-7-15(12-16)23-20-21-11-10-17(24-20)19(25)22-13-14-6-3-4-9-18(14)27-2/h3-12H,13H2,1-2H3,(H,22,25)(H,21,23,24). The monoisotopic (exact) mass is 364 g/mol. The van der Waals surface area contributed by atoms with E-state index in [1.54, 1.807) is 20.3 Å². The Hall–Kier alpha value is -3.61. The number of amides is 1. The minimum Gasteiger partial charge on any atom is -0.497 e. The van der Waals surface area contributed by atoms with Crippen LogP contribution in [0, 0.1) is 0 Å². The molecular weight excluding hydrogens is 344 g/mol. The van der Waals surface area contributed by atoms with Gasteiger partial charge in [-0.05, 0) is 24.3 Å². The maximum absolute atomic E-state index is 12.4. The Morgan fingerprint density at radius 1 is 1.04 bits per heavy atom. The Kier molecular flexibility index (Phi) is 5.84. The minimum absolute atomic E-state index is 0.269. The molecule has 0 aliphatic rings. The molecule has 0 saturated heterocycles. The van der Waals surface area contributed by atoms with Gasteiger partial charge < -0.3 is 20.1 Å². The van der Waals surface area contributed by atoms with Crippen molar-refractivity contribution in [1.29, 1.82) is 0 Å². The van der Waals surface area contributed by atoms with Crippen molar-refractivity contribution in [3.63, 3.8) is 0 Å². The molecule has 0 aliphatic heterocycles. The molecule has 3 aromatic rings. The largest absolute Gasteiger partial charge is 0.497 e. The first kappa shape index (κ1) is 18.2. The summed E-state index contributed by atoms with van der Waals surface area (Å²) in [6.07, 6.45) is 1.54. The van der Waals surface area contributed by atoms with E-state index in [4.69, 9.17) is 9.47 Å². The first-order valence-electron chi connectivity index (χ1n) is 8.34. The SMILES string of the molecule is COc1cccc(Nc2nccc(C(=O)NCc3ccccc3OC)n2)c1. The second kappa shape index (κ2) is 8.66. The quantitative estimate of drug-likeness (QED) is 0.670. The normalized spacial score (nSPS) is 10.1. The van der Waals surface area contributed by atoms with Gasteiger partial charge >= 0.3 is 0 Å². The number of hydrogen-bond donors (Lipinski definition) is 2. The van der Waals surface area contributed by atoms with Gasteiger partial charge in [0.1, 0.15) is 17.2 Å². The van der Waals surface area contributed by atoms with Gasteiger partial charge in [0, 0.05) is 30.1 Å². The molecule has 0 unspecified atom stereocenters. The van der Waals surface area contributed by atoms with Gasteiger partial charge in [0.05, 0.1) is 14.2 Å². The van der Waals surface area contributed by atoms with Gasteiger partial charge in [-0.15, -0.1) is 0 Å². The zero-order valence-electron chi connectivity index (χ0n) is 15.1. The van der Waals surface area contributed by atoms with Gasteiger partial charge in [0.25, 0.3) is 5.91 Å². The van der Waals surface area contributed by atoms with E-state index in [2.05, 4.69) is 20.6 Å². The van der Waals surface area contributed by atoms with Crippen LogP contribution in [0.5, 0.6) is 11.5 Å². The zero-order chi connectivity index (χ0) is 19.1. The maximum atomic E-state index is 12.4. The number of nitrogens with one attached hydrogen (secondary N) is 2. The number of hydrogen-bond acceptors (Lipinski definition) is 6. The van der Waals surface area contributed by atoms with E-state index < -0.39 is 0 Å². The van der Waals surface area contributed by atoms with Crippen LogP contribution in [-0.2, 0) is 6.54 Å². The Morgan fingerprint density at radius 2 is 1.89 bits per heavy atom. The summed E-state index contributed by atoms with van der Waals surface area (Å²) in [5.74, 6) is 1.47. The van der Waals surface area contributed by atoms with E-state index in [1.807, 2.05) is 48.5 Å². The fraction of sp³-hybridized carbons (Fsp3) is 0.150. The van der Waals surface area contributed by atoms with Gasteiger partial charge in [-0.3, -0.25) is 4.79 Å². The second-order valence-corrected chi connectivity index (χ2v) is 5.62. The predicted octanol–water partition coefficient (Wildman–Crippen LogP) is 3.17. The number of anilines is 2. The summed E-state index contributed by atoms with van der Waals surface area (Å²) in [6, 6.07) is 16.5. The number of methoxy groups -OCH3 is 2. The summed E-state index contributed by atoms with van der Waals surface area (Å²) >= 11 is 0. The van der Waals surface area contributed by atoms with E-state index in [0.29, 0.717) is 18.2 Å². The number of carbonyl (C=O) groups is 1. The highest BCUT2D eigenvalue weighted by Crippen LogP contribution is 2.19. The van der Waals surface area contributed by atoms with E-state index in [9.17, 15) is 4.79 Å². The second-order valence-electron chi connectivity index (χ2n) is 5.62. The summed E-state index contributed by atoms with van der Waals surface area (Å²) in [5.41, 5.74) is 1.92. The van der Waals surface area contributed by atoms with Crippen LogP contribution >= 0.6 is 0 Å². The topological polar surface area (TPSA) is 85.4 Å². The van der Waals surface area contributed by atoms with E-state index >= 15 is 0 Å². The molecule has 27 heavy (non-hydrogen) atoms. The van der Waals surface area contributed by atoms with Gasteiger partial charge in [0.15, 0.2) is 0 Å². The molecule has 2 N–H and O–H groups in total. The van der Waals surface area contributed by atoms with Crippen molar-refractivity contribution in [3.05, 3.63) is 72.1 Å². The fourth-order valence-corrected chi connectivity index (χ4v) is 2.49. The molecule has 3 rings (SSSR count). The van der Waals surface area contributed by atoms with Crippen LogP contribution < -0.4 is 20.1 Å². The highest BCUT2D eigenvalue weighted by Gasteiger charge is 2.10. The van der Waals surface area contributed by atoms with Crippen LogP contribution in [0.3, 0.4) is 0 Å². The number of para-hydroxylation sites is 1. The van der Waals surface area contributed by atoms with Crippen molar-refractivity contribution in [1.82, 2.24) is 15.3 Å². The van der Waals surface area contributed by atoms with E-state index in [0.717, 1.165) is 17.0 Å². The first-order valence-corrected chi connectivity index (χ1v) is 8.34. The number of nitrogens with zero attached hydrogens (tertiary/aromatic N) is 2. The molecule has 2 aromatic carbocycles. The van der Waals surface area contributed by atoms with Gasteiger partial charge in [-0.25, -0.2) is 9.97 Å². The summed E-state index contributed by atoms with van der Waals surface area (Å²) < 4.78 is 10.5. The molecule has 0 radical (unpaired) electrons. The molecule has 7 heteroatoms. The van der Waals surface area contributed by atoms with E-state index in [1.165, 1.54) is 6.20 Å². The van der Waals surface area contributed by atoms with Gasteiger partial charge in [-0.1, -0.05) is 24.3 Å². The molecule has 7 nitrogen and oxygen atoms in total. The first-order chi connectivity index (χ1) is 13.2. The van der Waals surface area contributed by atoms with Crippen molar-refractivity contribution in [2.24, 2.45) is 0 Å². The van der Waals surface area contributed by atoms with Crippen LogP contribution in [0.4, 0.5) is 11.6 Å². The highest BCUT2D eigenvalue weighted by molar-refractivity contribution is 5.92. The molecule has 0 aliphatic carbocycles. The van der Waals surface area contributed by atoms with Crippen molar-refractivity contribution in [3.8, 4) is 11.5 Å². The average molecular weight is 364 g/mol. The smallest absolute Gasteiger partial charge is 0.270 e. The number of carbonyl (C=O) groups excluding carboxylic acids is 1. The average Bonchev–Trinajstić information content (AvgIpc) is 2.72. The van der Waals surface area contributed by atoms with Crippen LogP contribution in [0.1, 0.15) is 16.1 Å². The Bertz CT molecular complexity index is 930. The summed E-state index contributed by atoms with van der Waals surface area (Å²) in [5, 5.41) is 5.91. The third-order valence-electron chi connectivity index (χ3n) is 3.85. The maximum Gasteiger partial charge on any atom is 0.270 e. The summed E-state index contributed by atoms with van der Waals surface area (Å²) in [6.45, 7) is 0.339. The fourth-order valence-electron chi connectivity index (χ4n) is 2.49. The van der Waals surface area contributed by atoms with Crippen LogP contribution in [-0.4, -0.2) is 30.1 Å². The lowest BCUT2D eigenvalue weighted by Gasteiger charge is -2.10. The Labute approximate surface area is 157 Å².